The van der Waals surface area contributed by atoms with Crippen molar-refractivity contribution in [1.29, 1.82) is 0 Å². The Bertz CT molecular complexity index is 97.2. The van der Waals surface area contributed by atoms with Crippen LogP contribution in [0.4, 0.5) is 0 Å². The summed E-state index contributed by atoms with van der Waals surface area (Å²) in [4.78, 5) is 0. The fraction of sp³-hybridized carbons (Fsp3) is 1.00. The number of quaternary nitrogens is 1. The molecule has 0 saturated carbocycles. The minimum atomic E-state index is 1.22. The molecule has 0 aliphatic rings. The summed E-state index contributed by atoms with van der Waals surface area (Å²) in [5.74, 6) is 0. The van der Waals surface area contributed by atoms with Crippen molar-refractivity contribution >= 4 is 0 Å². The van der Waals surface area contributed by atoms with E-state index in [1.165, 1.54) is 49.7 Å². The molecule has 74 valence electrons. The monoisotopic (exact) mass is 172 g/mol. The van der Waals surface area contributed by atoms with Gasteiger partial charge in [0, 0.05) is 0 Å². The Balaban J connectivity index is 3.42. The highest BCUT2D eigenvalue weighted by molar-refractivity contribution is 4.39. The molecule has 0 amide bonds. The quantitative estimate of drug-likeness (QED) is 0.409. The van der Waals surface area contributed by atoms with Crippen LogP contribution in [0.1, 0.15) is 46.0 Å². The van der Waals surface area contributed by atoms with Crippen LogP contribution >= 0.6 is 0 Å². The second-order valence-electron chi connectivity index (χ2n) is 4.44. The van der Waals surface area contributed by atoms with E-state index in [1.54, 1.807) is 0 Å². The van der Waals surface area contributed by atoms with E-state index in [0.29, 0.717) is 0 Å². The molecule has 0 N–H and O–H groups in total. The first-order valence-corrected chi connectivity index (χ1v) is 5.44. The second kappa shape index (κ2) is 6.47. The van der Waals surface area contributed by atoms with Gasteiger partial charge in [-0.1, -0.05) is 26.7 Å². The molecule has 12 heavy (non-hydrogen) atoms. The third-order valence-electron chi connectivity index (χ3n) is 2.48. The van der Waals surface area contributed by atoms with Gasteiger partial charge in [-0.15, -0.1) is 0 Å². The third-order valence-corrected chi connectivity index (χ3v) is 2.48. The van der Waals surface area contributed by atoms with Gasteiger partial charge in [0.05, 0.1) is 27.2 Å². The summed E-state index contributed by atoms with van der Waals surface area (Å²) in [5.41, 5.74) is 0. The summed E-state index contributed by atoms with van der Waals surface area (Å²) in [7, 11) is 4.70. The maximum atomic E-state index is 2.35. The van der Waals surface area contributed by atoms with Crippen molar-refractivity contribution in [3.8, 4) is 0 Å². The predicted molar refractivity (Wildman–Crippen MR) is 56.3 cm³/mol. The Morgan fingerprint density at radius 2 is 1.25 bits per heavy atom. The van der Waals surface area contributed by atoms with Crippen LogP contribution in [0.3, 0.4) is 0 Å². The Morgan fingerprint density at radius 1 is 0.750 bits per heavy atom. The van der Waals surface area contributed by atoms with Gasteiger partial charge in [0.15, 0.2) is 0 Å². The predicted octanol–water partition coefficient (Wildman–Crippen LogP) is 3.05. The Labute approximate surface area is 78.4 Å². The van der Waals surface area contributed by atoms with E-state index in [0.717, 1.165) is 0 Å². The lowest BCUT2D eigenvalue weighted by atomic mass is 10.2. The van der Waals surface area contributed by atoms with Crippen molar-refractivity contribution in [3.05, 3.63) is 0 Å². The number of hydrogen-bond acceptors (Lipinski definition) is 0. The van der Waals surface area contributed by atoms with E-state index in [2.05, 4.69) is 27.9 Å². The number of rotatable bonds is 7. The molecule has 0 heterocycles. The van der Waals surface area contributed by atoms with Gasteiger partial charge in [-0.05, 0) is 19.3 Å². The Hall–Kier alpha value is -0.0400. The molecule has 0 aliphatic carbocycles. The molecule has 0 rings (SSSR count). The fourth-order valence-corrected chi connectivity index (χ4v) is 1.49. The molecule has 0 atom stereocenters. The average Bonchev–Trinajstić information content (AvgIpc) is 2.01. The van der Waals surface area contributed by atoms with E-state index in [9.17, 15) is 0 Å². The summed E-state index contributed by atoms with van der Waals surface area (Å²) in [5, 5.41) is 0. The molecule has 0 aromatic heterocycles. The largest absolute Gasteiger partial charge is 0.328 e. The zero-order valence-electron chi connectivity index (χ0n) is 9.40. The first-order valence-electron chi connectivity index (χ1n) is 5.44. The maximum absolute atomic E-state index is 2.35. The summed E-state index contributed by atoms with van der Waals surface area (Å²) in [6.45, 7) is 7.24. The summed E-state index contributed by atoms with van der Waals surface area (Å²) in [6.07, 6.45) is 6.84. The van der Waals surface area contributed by atoms with Crippen LogP contribution in [0.25, 0.3) is 0 Å². The van der Waals surface area contributed by atoms with E-state index in [-0.39, 0.29) is 0 Å². The molecule has 0 saturated heterocycles. The van der Waals surface area contributed by atoms with Gasteiger partial charge in [0.25, 0.3) is 0 Å². The van der Waals surface area contributed by atoms with Crippen LogP contribution in [0, 0.1) is 0 Å². The average molecular weight is 172 g/mol. The minimum absolute atomic E-state index is 1.22. The van der Waals surface area contributed by atoms with Crippen molar-refractivity contribution in [1.82, 2.24) is 0 Å². The molecule has 0 unspecified atom stereocenters. The lowest BCUT2D eigenvalue weighted by molar-refractivity contribution is -0.890. The van der Waals surface area contributed by atoms with Crippen molar-refractivity contribution in [2.45, 2.75) is 46.0 Å². The van der Waals surface area contributed by atoms with Gasteiger partial charge in [-0.3, -0.25) is 0 Å². The molecule has 0 radical (unpaired) electrons. The number of hydrogen-bond donors (Lipinski definition) is 0. The fourth-order valence-electron chi connectivity index (χ4n) is 1.49. The molecule has 0 spiro atoms. The van der Waals surface area contributed by atoms with E-state index in [1.807, 2.05) is 0 Å². The maximum Gasteiger partial charge on any atom is 0.0782 e. The molecule has 1 nitrogen and oxygen atoms in total. The molecule has 0 aromatic carbocycles. The smallest absolute Gasteiger partial charge is 0.0782 e. The zero-order chi connectivity index (χ0) is 9.45. The standard InChI is InChI=1S/C11H26N/c1-5-7-9-11-12(3,4)10-8-6-2/h5-11H2,1-4H3/q+1. The normalized spacial score (nSPS) is 12.0. The number of nitrogens with zero attached hydrogens (tertiary/aromatic N) is 1. The molecular weight excluding hydrogens is 146 g/mol. The minimum Gasteiger partial charge on any atom is -0.328 e. The first-order chi connectivity index (χ1) is 5.62. The summed E-state index contributed by atoms with van der Waals surface area (Å²) in [6, 6.07) is 0. The van der Waals surface area contributed by atoms with Gasteiger partial charge in [0.2, 0.25) is 0 Å². The summed E-state index contributed by atoms with van der Waals surface area (Å²) < 4.78 is 1.22. The SMILES string of the molecule is CCCCC[N+](C)(C)CCCC. The van der Waals surface area contributed by atoms with Crippen LogP contribution in [0.15, 0.2) is 0 Å². The van der Waals surface area contributed by atoms with Gasteiger partial charge in [0.1, 0.15) is 0 Å². The Morgan fingerprint density at radius 3 is 1.75 bits per heavy atom. The number of unbranched alkanes of at least 4 members (excludes halogenated alkanes) is 3. The lowest BCUT2D eigenvalue weighted by Gasteiger charge is -2.29. The van der Waals surface area contributed by atoms with Crippen LogP contribution in [0.2, 0.25) is 0 Å². The van der Waals surface area contributed by atoms with Crippen LogP contribution in [-0.4, -0.2) is 31.7 Å². The van der Waals surface area contributed by atoms with Crippen LogP contribution in [0.5, 0.6) is 0 Å². The molecular formula is C11H26N+. The van der Waals surface area contributed by atoms with E-state index >= 15 is 0 Å². The summed E-state index contributed by atoms with van der Waals surface area (Å²) >= 11 is 0. The van der Waals surface area contributed by atoms with E-state index in [4.69, 9.17) is 0 Å². The molecule has 0 aromatic rings. The highest BCUT2D eigenvalue weighted by atomic mass is 15.3. The van der Waals surface area contributed by atoms with Crippen molar-refractivity contribution < 1.29 is 4.48 Å². The topological polar surface area (TPSA) is 0 Å². The van der Waals surface area contributed by atoms with E-state index < -0.39 is 0 Å². The van der Waals surface area contributed by atoms with Gasteiger partial charge in [-0.25, -0.2) is 0 Å². The van der Waals surface area contributed by atoms with Crippen molar-refractivity contribution in [2.75, 3.05) is 27.2 Å². The third kappa shape index (κ3) is 6.66. The highest BCUT2D eigenvalue weighted by Crippen LogP contribution is 2.05. The van der Waals surface area contributed by atoms with Crippen LogP contribution in [-0.2, 0) is 0 Å². The second-order valence-corrected chi connectivity index (χ2v) is 4.44. The lowest BCUT2D eigenvalue weighted by Crippen LogP contribution is -2.41. The highest BCUT2D eigenvalue weighted by Gasteiger charge is 2.12. The Kier molecular flexibility index (Phi) is 6.45. The van der Waals surface area contributed by atoms with Gasteiger partial charge >= 0.3 is 0 Å². The molecule has 0 aliphatic heterocycles. The molecule has 1 heteroatoms. The van der Waals surface area contributed by atoms with Crippen LogP contribution < -0.4 is 0 Å². The zero-order valence-corrected chi connectivity index (χ0v) is 9.40. The molecule has 0 bridgehead atoms. The first kappa shape index (κ1) is 12.0. The van der Waals surface area contributed by atoms with Crippen molar-refractivity contribution in [2.24, 2.45) is 0 Å². The van der Waals surface area contributed by atoms with Gasteiger partial charge in [-0.2, -0.15) is 0 Å². The van der Waals surface area contributed by atoms with Crippen molar-refractivity contribution in [3.63, 3.8) is 0 Å². The van der Waals surface area contributed by atoms with Gasteiger partial charge < -0.3 is 4.48 Å². The molecule has 0 fully saturated rings.